The van der Waals surface area contributed by atoms with Crippen LogP contribution in [-0.4, -0.2) is 48.5 Å². The molecule has 4 aromatic heterocycles. The van der Waals surface area contributed by atoms with Crippen LogP contribution in [0.3, 0.4) is 0 Å². The first-order valence-electron chi connectivity index (χ1n) is 10.3. The van der Waals surface area contributed by atoms with Crippen LogP contribution in [0.5, 0.6) is 0 Å². The van der Waals surface area contributed by atoms with Crippen molar-refractivity contribution in [1.29, 1.82) is 0 Å². The van der Waals surface area contributed by atoms with Gasteiger partial charge >= 0.3 is 0 Å². The van der Waals surface area contributed by atoms with Crippen LogP contribution in [0.1, 0.15) is 20.3 Å². The number of alkyl halides is 2. The van der Waals surface area contributed by atoms with Gasteiger partial charge in [0.1, 0.15) is 23.7 Å². The lowest BCUT2D eigenvalue weighted by Gasteiger charge is -2.08. The van der Waals surface area contributed by atoms with Gasteiger partial charge < -0.3 is 10.3 Å². The molecule has 8 nitrogen and oxygen atoms in total. The predicted octanol–water partition coefficient (Wildman–Crippen LogP) is 4.18. The molecule has 10 heteroatoms. The van der Waals surface area contributed by atoms with E-state index in [1.165, 1.54) is 4.68 Å². The third-order valence-electron chi connectivity index (χ3n) is 4.99. The van der Waals surface area contributed by atoms with Crippen molar-refractivity contribution in [3.05, 3.63) is 43.0 Å². The van der Waals surface area contributed by atoms with Crippen molar-refractivity contribution in [3.63, 3.8) is 0 Å². The minimum Gasteiger partial charge on any atom is -0.354 e. The maximum Gasteiger partial charge on any atom is 0.257 e. The molecule has 0 spiro atoms. The molecule has 0 amide bonds. The van der Waals surface area contributed by atoms with Crippen LogP contribution in [0.4, 0.5) is 14.7 Å². The normalized spacial score (nSPS) is 11.6. The van der Waals surface area contributed by atoms with Crippen molar-refractivity contribution in [3.8, 4) is 22.5 Å². The SMILES string of the molecule is CC(C)C(=O)CCNc1nccc(-c2cn(CC(F)F)nc2-c2cnc3[nH]ccc3c2)n1. The summed E-state index contributed by atoms with van der Waals surface area (Å²) in [6.07, 6.45) is 4.39. The summed E-state index contributed by atoms with van der Waals surface area (Å²) in [5, 5.41) is 8.32. The molecule has 0 saturated heterocycles. The van der Waals surface area contributed by atoms with Gasteiger partial charge in [-0.2, -0.15) is 5.10 Å². The molecule has 2 N–H and O–H groups in total. The third-order valence-corrected chi connectivity index (χ3v) is 4.99. The number of aromatic amines is 1. The molecule has 4 rings (SSSR count). The van der Waals surface area contributed by atoms with Crippen LogP contribution in [-0.2, 0) is 11.3 Å². The van der Waals surface area contributed by atoms with E-state index in [0.717, 1.165) is 11.0 Å². The second kappa shape index (κ2) is 9.21. The summed E-state index contributed by atoms with van der Waals surface area (Å²) in [5.74, 6) is 0.473. The number of ketones is 1. The van der Waals surface area contributed by atoms with Gasteiger partial charge in [0.05, 0.1) is 5.69 Å². The Labute approximate surface area is 183 Å². The number of rotatable bonds is 9. The summed E-state index contributed by atoms with van der Waals surface area (Å²) < 4.78 is 27.3. The Balaban J connectivity index is 1.66. The molecule has 4 aromatic rings. The highest BCUT2D eigenvalue weighted by Gasteiger charge is 2.18. The van der Waals surface area contributed by atoms with Crippen LogP contribution in [0.15, 0.2) is 43.0 Å². The van der Waals surface area contributed by atoms with Gasteiger partial charge in [-0.05, 0) is 18.2 Å². The molecule has 4 heterocycles. The molecule has 0 atom stereocenters. The topological polar surface area (TPSA) is 101 Å². The number of fused-ring (bicyclic) bond motifs is 1. The van der Waals surface area contributed by atoms with Gasteiger partial charge in [-0.25, -0.2) is 23.7 Å². The van der Waals surface area contributed by atoms with Crippen LogP contribution < -0.4 is 5.32 Å². The van der Waals surface area contributed by atoms with E-state index in [-0.39, 0.29) is 11.7 Å². The summed E-state index contributed by atoms with van der Waals surface area (Å²) >= 11 is 0. The average Bonchev–Trinajstić information content (AvgIpc) is 3.39. The molecule has 0 radical (unpaired) electrons. The lowest BCUT2D eigenvalue weighted by atomic mass is 10.1. The first kappa shape index (κ1) is 21.5. The van der Waals surface area contributed by atoms with Gasteiger partial charge in [0, 0.05) is 60.2 Å². The Morgan fingerprint density at radius 1 is 1.25 bits per heavy atom. The lowest BCUT2D eigenvalue weighted by molar-refractivity contribution is -0.121. The smallest absolute Gasteiger partial charge is 0.257 e. The number of H-pyrrole nitrogens is 1. The van der Waals surface area contributed by atoms with Crippen LogP contribution in [0.25, 0.3) is 33.5 Å². The van der Waals surface area contributed by atoms with E-state index in [1.54, 1.807) is 30.9 Å². The molecule has 0 aliphatic rings. The Morgan fingerprint density at radius 3 is 2.88 bits per heavy atom. The number of hydrogen-bond donors (Lipinski definition) is 2. The van der Waals surface area contributed by atoms with Gasteiger partial charge in [-0.3, -0.25) is 9.48 Å². The van der Waals surface area contributed by atoms with E-state index < -0.39 is 13.0 Å². The van der Waals surface area contributed by atoms with Crippen LogP contribution in [0.2, 0.25) is 0 Å². The monoisotopic (exact) mass is 439 g/mol. The number of carbonyl (C=O) groups is 1. The van der Waals surface area contributed by atoms with E-state index in [1.807, 2.05) is 26.0 Å². The summed E-state index contributed by atoms with van der Waals surface area (Å²) in [4.78, 5) is 28.0. The minimum absolute atomic E-state index is 0.0294. The number of hydrogen-bond acceptors (Lipinski definition) is 6. The number of aromatic nitrogens is 6. The van der Waals surface area contributed by atoms with Crippen molar-refractivity contribution in [2.45, 2.75) is 33.2 Å². The van der Waals surface area contributed by atoms with E-state index in [0.29, 0.717) is 41.4 Å². The molecule has 32 heavy (non-hydrogen) atoms. The zero-order chi connectivity index (χ0) is 22.7. The number of nitrogens with zero attached hydrogens (tertiary/aromatic N) is 5. The Morgan fingerprint density at radius 2 is 2.09 bits per heavy atom. The fourth-order valence-electron chi connectivity index (χ4n) is 3.31. The average molecular weight is 439 g/mol. The van der Waals surface area contributed by atoms with Gasteiger partial charge in [-0.1, -0.05) is 13.8 Å². The molecule has 166 valence electrons. The fraction of sp³-hybridized carbons (Fsp3) is 0.318. The van der Waals surface area contributed by atoms with E-state index in [4.69, 9.17) is 0 Å². The molecular formula is C22H23F2N7O. The maximum atomic E-state index is 13.0. The zero-order valence-corrected chi connectivity index (χ0v) is 17.7. The molecule has 0 saturated carbocycles. The predicted molar refractivity (Wildman–Crippen MR) is 117 cm³/mol. The van der Waals surface area contributed by atoms with E-state index in [2.05, 4.69) is 30.4 Å². The summed E-state index contributed by atoms with van der Waals surface area (Å²) in [6.45, 7) is 3.60. The van der Waals surface area contributed by atoms with Crippen molar-refractivity contribution in [2.24, 2.45) is 5.92 Å². The van der Waals surface area contributed by atoms with Gasteiger partial charge in [0.2, 0.25) is 5.95 Å². The van der Waals surface area contributed by atoms with Crippen molar-refractivity contribution >= 4 is 22.8 Å². The number of pyridine rings is 1. The second-order valence-corrected chi connectivity index (χ2v) is 7.71. The number of Topliss-reactive ketones (excluding diaryl/α,β-unsaturated/α-hetero) is 1. The van der Waals surface area contributed by atoms with Crippen molar-refractivity contribution in [2.75, 3.05) is 11.9 Å². The van der Waals surface area contributed by atoms with Gasteiger partial charge in [0.25, 0.3) is 6.43 Å². The lowest BCUT2D eigenvalue weighted by Crippen LogP contribution is -2.14. The minimum atomic E-state index is -2.54. The summed E-state index contributed by atoms with van der Waals surface area (Å²) in [5.41, 5.74) is 3.04. The molecule has 0 aliphatic heterocycles. The van der Waals surface area contributed by atoms with Crippen molar-refractivity contribution < 1.29 is 13.6 Å². The zero-order valence-electron chi connectivity index (χ0n) is 17.7. The highest BCUT2D eigenvalue weighted by Crippen LogP contribution is 2.31. The summed E-state index contributed by atoms with van der Waals surface area (Å²) in [6, 6.07) is 5.47. The Hall–Kier alpha value is -3.69. The Bertz CT molecular complexity index is 1230. The third kappa shape index (κ3) is 4.79. The van der Waals surface area contributed by atoms with Gasteiger partial charge in [0.15, 0.2) is 0 Å². The second-order valence-electron chi connectivity index (χ2n) is 7.71. The summed E-state index contributed by atoms with van der Waals surface area (Å²) in [7, 11) is 0. The van der Waals surface area contributed by atoms with E-state index in [9.17, 15) is 13.6 Å². The quantitative estimate of drug-likeness (QED) is 0.406. The number of halogens is 2. The highest BCUT2D eigenvalue weighted by molar-refractivity contribution is 5.85. The molecule has 0 aliphatic carbocycles. The number of nitrogens with one attached hydrogen (secondary N) is 2. The highest BCUT2D eigenvalue weighted by atomic mass is 19.3. The standard InChI is InChI=1S/C22H23F2N7O/c1-13(2)18(32)5-8-27-22-26-7-4-17(29-22)16-11-31(12-19(23)24)30-20(16)15-9-14-3-6-25-21(14)28-10-15/h3-4,6-7,9-11,13,19H,5,8,12H2,1-2H3,(H,25,28)(H,26,27,29). The maximum absolute atomic E-state index is 13.0. The molecule has 0 bridgehead atoms. The largest absolute Gasteiger partial charge is 0.354 e. The number of carbonyl (C=O) groups excluding carboxylic acids is 1. The van der Waals surface area contributed by atoms with Crippen LogP contribution >= 0.6 is 0 Å². The van der Waals surface area contributed by atoms with Crippen LogP contribution in [0, 0.1) is 5.92 Å². The first-order valence-corrected chi connectivity index (χ1v) is 10.3. The molecule has 0 fully saturated rings. The first-order chi connectivity index (χ1) is 15.4. The van der Waals surface area contributed by atoms with Crippen molar-refractivity contribution in [1.82, 2.24) is 29.7 Å². The van der Waals surface area contributed by atoms with Gasteiger partial charge in [-0.15, -0.1) is 0 Å². The Kier molecular flexibility index (Phi) is 6.20. The fourth-order valence-corrected chi connectivity index (χ4v) is 3.31. The number of anilines is 1. The molecule has 0 aromatic carbocycles. The van der Waals surface area contributed by atoms with E-state index >= 15 is 0 Å². The molecule has 0 unspecified atom stereocenters. The molecular weight excluding hydrogens is 416 g/mol.